The van der Waals surface area contributed by atoms with Crippen LogP contribution in [0.4, 0.5) is 15.3 Å². The monoisotopic (exact) mass is 267 g/mol. The van der Waals surface area contributed by atoms with Crippen molar-refractivity contribution in [2.75, 3.05) is 5.73 Å². The van der Waals surface area contributed by atoms with E-state index >= 15 is 0 Å². The average Bonchev–Trinajstić information content (AvgIpc) is 2.29. The number of aliphatic carboxylic acids is 1. The maximum atomic E-state index is 11.1. The van der Waals surface area contributed by atoms with Gasteiger partial charge in [-0.05, 0) is 17.7 Å². The fraction of sp³-hybridized carbons (Fsp3) is 0.182. The number of nitrogens with one attached hydrogen (secondary N) is 2. The van der Waals surface area contributed by atoms with Crippen molar-refractivity contribution in [3.63, 3.8) is 0 Å². The van der Waals surface area contributed by atoms with Crippen molar-refractivity contribution in [1.82, 2.24) is 10.6 Å². The Hall–Kier alpha value is -2.77. The number of nitrogens with two attached hydrogens (primary N) is 1. The van der Waals surface area contributed by atoms with Gasteiger partial charge >= 0.3 is 18.1 Å². The van der Waals surface area contributed by atoms with Crippen LogP contribution in [0.1, 0.15) is 5.56 Å². The molecule has 0 heterocycles. The number of carboxylic acid groups (broad SMARTS) is 2. The molecule has 0 aliphatic carbocycles. The molecule has 8 nitrogen and oxygen atoms in total. The summed E-state index contributed by atoms with van der Waals surface area (Å²) < 4.78 is 0. The zero-order chi connectivity index (χ0) is 14.4. The summed E-state index contributed by atoms with van der Waals surface area (Å²) in [6.45, 7) is 0. The predicted octanol–water partition coefficient (Wildman–Crippen LogP) is 0.242. The number of carbonyl (C=O) groups is 3. The minimum absolute atomic E-state index is 0.0165. The highest BCUT2D eigenvalue weighted by Crippen LogP contribution is 2.08. The number of imide groups is 1. The van der Waals surface area contributed by atoms with E-state index in [-0.39, 0.29) is 6.42 Å². The highest BCUT2D eigenvalue weighted by molar-refractivity contribution is 5.92. The Morgan fingerprint density at radius 2 is 1.74 bits per heavy atom. The second-order valence-corrected chi connectivity index (χ2v) is 3.74. The van der Waals surface area contributed by atoms with Gasteiger partial charge in [-0.15, -0.1) is 0 Å². The summed E-state index contributed by atoms with van der Waals surface area (Å²) >= 11 is 0. The first-order valence-electron chi connectivity index (χ1n) is 5.26. The molecule has 0 aliphatic rings. The van der Waals surface area contributed by atoms with Gasteiger partial charge < -0.3 is 21.3 Å². The van der Waals surface area contributed by atoms with Crippen LogP contribution in [0.15, 0.2) is 24.3 Å². The van der Waals surface area contributed by atoms with E-state index in [1.54, 1.807) is 24.3 Å². The molecule has 102 valence electrons. The first kappa shape index (κ1) is 14.3. The molecular formula is C11H13N3O5. The van der Waals surface area contributed by atoms with E-state index in [1.807, 2.05) is 5.32 Å². The number of rotatable bonds is 4. The smallest absolute Gasteiger partial charge is 0.412 e. The van der Waals surface area contributed by atoms with Gasteiger partial charge in [0, 0.05) is 12.1 Å². The van der Waals surface area contributed by atoms with Gasteiger partial charge in [0.15, 0.2) is 0 Å². The van der Waals surface area contributed by atoms with Gasteiger partial charge in [0.25, 0.3) is 0 Å². The molecule has 6 N–H and O–H groups in total. The minimum atomic E-state index is -1.56. The van der Waals surface area contributed by atoms with Crippen LogP contribution in [0.2, 0.25) is 0 Å². The summed E-state index contributed by atoms with van der Waals surface area (Å²) in [5.74, 6) is -1.27. The third kappa shape index (κ3) is 4.94. The van der Waals surface area contributed by atoms with Crippen molar-refractivity contribution in [2.45, 2.75) is 12.5 Å². The third-order valence-electron chi connectivity index (χ3n) is 2.24. The number of carboxylic acids is 1. The molecular weight excluding hydrogens is 254 g/mol. The third-order valence-corrected chi connectivity index (χ3v) is 2.24. The summed E-state index contributed by atoms with van der Waals surface area (Å²) in [5.41, 5.74) is 6.68. The predicted molar refractivity (Wildman–Crippen MR) is 65.7 cm³/mol. The summed E-state index contributed by atoms with van der Waals surface area (Å²) in [7, 11) is 0. The number of anilines is 1. The number of hydrogen-bond acceptors (Lipinski definition) is 4. The first-order chi connectivity index (χ1) is 8.88. The number of urea groups is 1. The Morgan fingerprint density at radius 3 is 2.21 bits per heavy atom. The van der Waals surface area contributed by atoms with Crippen LogP contribution in [0.25, 0.3) is 0 Å². The fourth-order valence-corrected chi connectivity index (χ4v) is 1.38. The summed E-state index contributed by atoms with van der Waals surface area (Å²) in [6, 6.07) is 4.14. The maximum Gasteiger partial charge on any atom is 0.412 e. The van der Waals surface area contributed by atoms with Crippen molar-refractivity contribution < 1.29 is 24.6 Å². The van der Waals surface area contributed by atoms with Gasteiger partial charge in [-0.25, -0.2) is 19.7 Å². The van der Waals surface area contributed by atoms with Crippen LogP contribution in [0.3, 0.4) is 0 Å². The molecule has 1 aromatic carbocycles. The van der Waals surface area contributed by atoms with E-state index in [4.69, 9.17) is 15.9 Å². The van der Waals surface area contributed by atoms with E-state index in [0.29, 0.717) is 11.3 Å². The number of amides is 3. The highest BCUT2D eigenvalue weighted by atomic mass is 16.4. The molecule has 0 spiro atoms. The molecule has 1 rings (SSSR count). The molecule has 0 saturated carbocycles. The second kappa shape index (κ2) is 6.24. The van der Waals surface area contributed by atoms with E-state index in [0.717, 1.165) is 0 Å². The fourth-order valence-electron chi connectivity index (χ4n) is 1.38. The molecule has 0 aliphatic heterocycles. The molecule has 3 amide bonds. The summed E-state index contributed by atoms with van der Waals surface area (Å²) in [4.78, 5) is 32.3. The largest absolute Gasteiger partial charge is 0.480 e. The summed E-state index contributed by atoms with van der Waals surface area (Å²) in [6.07, 6.45) is -1.54. The van der Waals surface area contributed by atoms with E-state index in [9.17, 15) is 14.4 Å². The molecule has 0 fully saturated rings. The molecule has 1 unspecified atom stereocenters. The SMILES string of the molecule is Nc1ccc(CC(NC(=O)NC(=O)O)C(=O)O)cc1. The zero-order valence-corrected chi connectivity index (χ0v) is 9.79. The van der Waals surface area contributed by atoms with Crippen molar-refractivity contribution >= 4 is 23.8 Å². The zero-order valence-electron chi connectivity index (χ0n) is 9.79. The van der Waals surface area contributed by atoms with Crippen molar-refractivity contribution in [3.05, 3.63) is 29.8 Å². The normalized spacial score (nSPS) is 11.4. The lowest BCUT2D eigenvalue weighted by Crippen LogP contribution is -2.48. The molecule has 8 heteroatoms. The number of hydrogen-bond donors (Lipinski definition) is 5. The quantitative estimate of drug-likeness (QED) is 0.495. The van der Waals surface area contributed by atoms with Gasteiger partial charge in [0.05, 0.1) is 0 Å². The highest BCUT2D eigenvalue weighted by Gasteiger charge is 2.21. The van der Waals surface area contributed by atoms with Gasteiger partial charge in [-0.2, -0.15) is 0 Å². The first-order valence-corrected chi connectivity index (χ1v) is 5.26. The summed E-state index contributed by atoms with van der Waals surface area (Å²) in [5, 5.41) is 20.8. The number of benzene rings is 1. The maximum absolute atomic E-state index is 11.1. The van der Waals surface area contributed by atoms with Crippen LogP contribution >= 0.6 is 0 Å². The van der Waals surface area contributed by atoms with Crippen LogP contribution in [0.5, 0.6) is 0 Å². The van der Waals surface area contributed by atoms with Gasteiger partial charge in [0.2, 0.25) is 0 Å². The van der Waals surface area contributed by atoms with Crippen molar-refractivity contribution in [3.8, 4) is 0 Å². The van der Waals surface area contributed by atoms with Gasteiger partial charge in [-0.1, -0.05) is 12.1 Å². The van der Waals surface area contributed by atoms with Crippen LogP contribution in [0, 0.1) is 0 Å². The molecule has 0 radical (unpaired) electrons. The number of nitrogen functional groups attached to an aromatic ring is 1. The minimum Gasteiger partial charge on any atom is -0.480 e. The molecule has 0 aromatic heterocycles. The van der Waals surface area contributed by atoms with Crippen LogP contribution in [-0.4, -0.2) is 34.3 Å². The Kier molecular flexibility index (Phi) is 4.69. The lowest BCUT2D eigenvalue weighted by atomic mass is 10.1. The molecule has 0 saturated heterocycles. The van der Waals surface area contributed by atoms with Gasteiger partial charge in [-0.3, -0.25) is 0 Å². The molecule has 1 aromatic rings. The molecule has 1 atom stereocenters. The van der Waals surface area contributed by atoms with Crippen LogP contribution < -0.4 is 16.4 Å². The topological polar surface area (TPSA) is 142 Å². The Labute approximate surface area is 108 Å². The second-order valence-electron chi connectivity index (χ2n) is 3.74. The van der Waals surface area contributed by atoms with Crippen molar-refractivity contribution in [1.29, 1.82) is 0 Å². The van der Waals surface area contributed by atoms with Crippen LogP contribution in [-0.2, 0) is 11.2 Å². The van der Waals surface area contributed by atoms with E-state index < -0.39 is 24.1 Å². The molecule has 0 bridgehead atoms. The van der Waals surface area contributed by atoms with Gasteiger partial charge in [0.1, 0.15) is 6.04 Å². The lowest BCUT2D eigenvalue weighted by Gasteiger charge is -2.14. The number of carbonyl (C=O) groups excluding carboxylic acids is 1. The molecule has 19 heavy (non-hydrogen) atoms. The van der Waals surface area contributed by atoms with Crippen molar-refractivity contribution in [2.24, 2.45) is 0 Å². The Bertz CT molecular complexity index is 486. The lowest BCUT2D eigenvalue weighted by molar-refractivity contribution is -0.139. The van der Waals surface area contributed by atoms with E-state index in [1.165, 1.54) is 5.32 Å². The standard InChI is InChI=1S/C11H13N3O5/c12-7-3-1-6(2-4-7)5-8(9(15)16)13-10(17)14-11(18)19/h1-4,8H,5,12H2,(H,15,16)(H,18,19)(H2,13,14,17). The Balaban J connectivity index is 2.68. The Morgan fingerprint density at radius 1 is 1.16 bits per heavy atom. The van der Waals surface area contributed by atoms with E-state index in [2.05, 4.69) is 0 Å². The average molecular weight is 267 g/mol.